The Morgan fingerprint density at radius 2 is 1.95 bits per heavy atom. The van der Waals surface area contributed by atoms with E-state index in [0.717, 1.165) is 42.8 Å². The molecule has 4 N–H and O–H groups in total. The van der Waals surface area contributed by atoms with Gasteiger partial charge in [0.1, 0.15) is 11.6 Å². The number of aliphatic carboxylic acids is 1. The molecule has 4 rings (SSSR count). The minimum Gasteiger partial charge on any atom is -0.479 e. The summed E-state index contributed by atoms with van der Waals surface area (Å²) in [4.78, 5) is 20.6. The van der Waals surface area contributed by atoms with E-state index in [2.05, 4.69) is 27.0 Å². The van der Waals surface area contributed by atoms with Crippen molar-refractivity contribution in [1.82, 2.24) is 15.3 Å². The maximum absolute atomic E-state index is 11.3. The zero-order chi connectivity index (χ0) is 29.5. The van der Waals surface area contributed by atoms with E-state index in [9.17, 15) is 15.2 Å². The second-order valence-electron chi connectivity index (χ2n) is 11.7. The maximum atomic E-state index is 11.3. The summed E-state index contributed by atoms with van der Waals surface area (Å²) < 4.78 is 11.0. The van der Waals surface area contributed by atoms with Gasteiger partial charge < -0.3 is 30.5 Å². The Morgan fingerprint density at radius 1 is 1.24 bits per heavy atom. The first-order chi connectivity index (χ1) is 19.6. The van der Waals surface area contributed by atoms with Crippen LogP contribution >= 0.6 is 11.6 Å². The number of pyridine rings is 2. The molecule has 0 amide bonds. The molecule has 2 aliphatic rings. The summed E-state index contributed by atoms with van der Waals surface area (Å²) >= 11 is 6.55. The standard InChI is InChI=1S/C30H41ClN6O4/c1-20(17-41-29(2,3)28(38)39)35-21-7-9-22(10-8-21)36-27-15-23(24(31)16-33-27)25-5-4-6-26(37-25)34-19-30(18-32)11-13-40-14-12-30/h4-6,15-16,20-22,35H,7-14,17,19H2,1-3H3,(H,33,36)(H,34,37)(H,38,39)/t20-,21?,22?/m0/s1. The molecule has 41 heavy (non-hydrogen) atoms. The number of carboxylic acids is 1. The van der Waals surface area contributed by atoms with Crippen LogP contribution in [0.2, 0.25) is 5.02 Å². The zero-order valence-corrected chi connectivity index (χ0v) is 24.8. The molecule has 2 fully saturated rings. The Labute approximate surface area is 247 Å². The van der Waals surface area contributed by atoms with Crippen molar-refractivity contribution in [3.8, 4) is 17.3 Å². The fourth-order valence-electron chi connectivity index (χ4n) is 5.21. The van der Waals surface area contributed by atoms with E-state index >= 15 is 0 Å². The molecule has 1 saturated carbocycles. The molecule has 1 aliphatic carbocycles. The number of carbonyl (C=O) groups is 1. The van der Waals surface area contributed by atoms with Gasteiger partial charge in [-0.05, 0) is 77.5 Å². The normalized spacial score (nSPS) is 21.4. The van der Waals surface area contributed by atoms with Gasteiger partial charge in [-0.25, -0.2) is 14.8 Å². The summed E-state index contributed by atoms with van der Waals surface area (Å²) in [5.74, 6) is 0.488. The number of rotatable bonds is 12. The number of ether oxygens (including phenoxy) is 2. The van der Waals surface area contributed by atoms with E-state index in [0.29, 0.717) is 56.1 Å². The topological polar surface area (TPSA) is 141 Å². The summed E-state index contributed by atoms with van der Waals surface area (Å²) in [6.07, 6.45) is 7.02. The summed E-state index contributed by atoms with van der Waals surface area (Å²) in [5, 5.41) is 30.0. The van der Waals surface area contributed by atoms with Crippen LogP contribution in [-0.4, -0.2) is 71.1 Å². The minimum absolute atomic E-state index is 0.0588. The number of nitrogens with zero attached hydrogens (tertiary/aromatic N) is 3. The third-order valence-corrected chi connectivity index (χ3v) is 8.29. The van der Waals surface area contributed by atoms with Crippen LogP contribution in [0.4, 0.5) is 11.6 Å². The molecule has 3 heterocycles. The molecular formula is C30H41ClN6O4. The van der Waals surface area contributed by atoms with Gasteiger partial charge in [-0.2, -0.15) is 5.26 Å². The molecule has 222 valence electrons. The fraction of sp³-hybridized carbons (Fsp3) is 0.600. The van der Waals surface area contributed by atoms with Gasteiger partial charge in [-0.3, -0.25) is 0 Å². The highest BCUT2D eigenvalue weighted by Crippen LogP contribution is 2.32. The van der Waals surface area contributed by atoms with Crippen molar-refractivity contribution >= 4 is 29.2 Å². The molecule has 1 atom stereocenters. The average molecular weight is 585 g/mol. The molecule has 1 aliphatic heterocycles. The summed E-state index contributed by atoms with van der Waals surface area (Å²) in [6, 6.07) is 10.9. The highest BCUT2D eigenvalue weighted by atomic mass is 35.5. The number of nitrogens with one attached hydrogen (secondary N) is 3. The second kappa shape index (κ2) is 13.8. The maximum Gasteiger partial charge on any atom is 0.335 e. The molecular weight excluding hydrogens is 544 g/mol. The first-order valence-electron chi connectivity index (χ1n) is 14.3. The number of nitriles is 1. The summed E-state index contributed by atoms with van der Waals surface area (Å²) in [5.41, 5.74) is -0.111. The Hall–Kier alpha value is -2.97. The molecule has 2 aromatic heterocycles. The van der Waals surface area contributed by atoms with Crippen LogP contribution in [0.1, 0.15) is 59.3 Å². The molecule has 1 saturated heterocycles. The van der Waals surface area contributed by atoms with Crippen LogP contribution in [0.25, 0.3) is 11.3 Å². The highest BCUT2D eigenvalue weighted by Gasteiger charge is 2.33. The average Bonchev–Trinajstić information content (AvgIpc) is 2.97. The molecule has 11 heteroatoms. The quantitative estimate of drug-likeness (QED) is 0.266. The van der Waals surface area contributed by atoms with Crippen LogP contribution in [0, 0.1) is 16.7 Å². The van der Waals surface area contributed by atoms with Gasteiger partial charge >= 0.3 is 5.97 Å². The monoisotopic (exact) mass is 584 g/mol. The van der Waals surface area contributed by atoms with Crippen molar-refractivity contribution in [2.45, 2.75) is 83.0 Å². The van der Waals surface area contributed by atoms with E-state index in [1.54, 1.807) is 20.0 Å². The first-order valence-corrected chi connectivity index (χ1v) is 14.7. The zero-order valence-electron chi connectivity index (χ0n) is 24.1. The minimum atomic E-state index is -1.19. The molecule has 10 nitrogen and oxygen atoms in total. The lowest BCUT2D eigenvalue weighted by Gasteiger charge is -2.32. The largest absolute Gasteiger partial charge is 0.479 e. The van der Waals surface area contributed by atoms with Gasteiger partial charge in [0.2, 0.25) is 0 Å². The molecule has 0 spiro atoms. The van der Waals surface area contributed by atoms with Crippen molar-refractivity contribution < 1.29 is 19.4 Å². The third kappa shape index (κ3) is 8.52. The lowest BCUT2D eigenvalue weighted by Crippen LogP contribution is -2.45. The molecule has 0 aromatic carbocycles. The summed E-state index contributed by atoms with van der Waals surface area (Å²) in [7, 11) is 0. The number of halogens is 1. The van der Waals surface area contributed by atoms with Crippen LogP contribution in [0.3, 0.4) is 0 Å². The van der Waals surface area contributed by atoms with Crippen LogP contribution < -0.4 is 16.0 Å². The van der Waals surface area contributed by atoms with Gasteiger partial charge in [0.05, 0.1) is 28.8 Å². The van der Waals surface area contributed by atoms with Gasteiger partial charge in [0.25, 0.3) is 0 Å². The number of carboxylic acid groups (broad SMARTS) is 1. The van der Waals surface area contributed by atoms with E-state index in [1.807, 2.05) is 31.2 Å². The van der Waals surface area contributed by atoms with Gasteiger partial charge in [0.15, 0.2) is 5.60 Å². The Bertz CT molecular complexity index is 1220. The van der Waals surface area contributed by atoms with Crippen LogP contribution in [0.15, 0.2) is 30.5 Å². The number of aromatic nitrogens is 2. The predicted molar refractivity (Wildman–Crippen MR) is 159 cm³/mol. The predicted octanol–water partition coefficient (Wildman–Crippen LogP) is 5.11. The van der Waals surface area contributed by atoms with Gasteiger partial charge in [-0.1, -0.05) is 17.7 Å². The SMILES string of the molecule is C[C@@H](COC(C)(C)C(=O)O)NC1CCC(Nc2cc(-c3cccc(NCC4(C#N)CCOCC4)n3)c(Cl)cn2)CC1. The summed E-state index contributed by atoms with van der Waals surface area (Å²) in [6.45, 7) is 7.22. The second-order valence-corrected chi connectivity index (χ2v) is 12.1. The number of hydrogen-bond acceptors (Lipinski definition) is 9. The van der Waals surface area contributed by atoms with Crippen LogP contribution in [0.5, 0.6) is 0 Å². The van der Waals surface area contributed by atoms with E-state index in [4.69, 9.17) is 26.1 Å². The Balaban J connectivity index is 1.30. The van der Waals surface area contributed by atoms with Crippen LogP contribution in [-0.2, 0) is 14.3 Å². The lowest BCUT2D eigenvalue weighted by molar-refractivity contribution is -0.161. The third-order valence-electron chi connectivity index (χ3n) is 7.98. The van der Waals surface area contributed by atoms with Crippen molar-refractivity contribution in [3.63, 3.8) is 0 Å². The first kappa shape index (κ1) is 31.0. The lowest BCUT2D eigenvalue weighted by atomic mass is 9.82. The van der Waals surface area contributed by atoms with Gasteiger partial charge in [0, 0.05) is 49.6 Å². The molecule has 2 aromatic rings. The fourth-order valence-corrected chi connectivity index (χ4v) is 5.41. The highest BCUT2D eigenvalue weighted by molar-refractivity contribution is 6.33. The molecule has 0 unspecified atom stereocenters. The van der Waals surface area contributed by atoms with Crippen molar-refractivity contribution in [3.05, 3.63) is 35.5 Å². The van der Waals surface area contributed by atoms with E-state index in [1.165, 1.54) is 0 Å². The number of anilines is 2. The molecule has 0 bridgehead atoms. The molecule has 0 radical (unpaired) electrons. The smallest absolute Gasteiger partial charge is 0.335 e. The Kier molecular flexibility index (Phi) is 10.4. The van der Waals surface area contributed by atoms with Crippen molar-refractivity contribution in [2.75, 3.05) is 37.0 Å². The van der Waals surface area contributed by atoms with Crippen molar-refractivity contribution in [2.24, 2.45) is 5.41 Å². The van der Waals surface area contributed by atoms with Crippen molar-refractivity contribution in [1.29, 1.82) is 5.26 Å². The van der Waals surface area contributed by atoms with E-state index in [-0.39, 0.29) is 12.1 Å². The van der Waals surface area contributed by atoms with Gasteiger partial charge in [-0.15, -0.1) is 0 Å². The van der Waals surface area contributed by atoms with E-state index < -0.39 is 17.0 Å². The Morgan fingerprint density at radius 3 is 2.63 bits per heavy atom. The number of hydrogen-bond donors (Lipinski definition) is 4.